The number of carbonyl (C=O) groups excluding carboxylic acids is 4. The Morgan fingerprint density at radius 3 is 1.61 bits per heavy atom. The lowest BCUT2D eigenvalue weighted by Gasteiger charge is -2.17. The van der Waals surface area contributed by atoms with Gasteiger partial charge in [-0.3, -0.25) is 19.2 Å². The normalized spacial score (nSPS) is 12.3. The first-order chi connectivity index (χ1) is 18.2. The number of phenols is 2. The van der Waals surface area contributed by atoms with Crippen LogP contribution < -0.4 is 15.5 Å². The molecule has 0 radical (unpaired) electrons. The predicted molar refractivity (Wildman–Crippen MR) is 144 cm³/mol. The van der Waals surface area contributed by atoms with Gasteiger partial charge in [0.2, 0.25) is 0 Å². The summed E-state index contributed by atoms with van der Waals surface area (Å²) in [6, 6.07) is 20.3. The Hall–Kier alpha value is -4.96. The highest BCUT2D eigenvalue weighted by Gasteiger charge is 2.37. The van der Waals surface area contributed by atoms with Crippen LogP contribution >= 0.6 is 15.9 Å². The molecule has 4 amide bonds. The Labute approximate surface area is 224 Å². The largest absolute Gasteiger partial charge is 0.508 e. The van der Waals surface area contributed by atoms with Crippen LogP contribution in [0.4, 0.5) is 17.1 Å². The van der Waals surface area contributed by atoms with Crippen molar-refractivity contribution in [2.45, 2.75) is 0 Å². The summed E-state index contributed by atoms with van der Waals surface area (Å²) >= 11 is 3.30. The van der Waals surface area contributed by atoms with Gasteiger partial charge >= 0.3 is 0 Å². The van der Waals surface area contributed by atoms with E-state index in [2.05, 4.69) is 26.6 Å². The fourth-order valence-electron chi connectivity index (χ4n) is 3.95. The van der Waals surface area contributed by atoms with E-state index >= 15 is 0 Å². The van der Waals surface area contributed by atoms with E-state index in [-0.39, 0.29) is 39.4 Å². The molecule has 0 spiro atoms. The number of nitrogens with zero attached hydrogens (tertiary/aromatic N) is 1. The highest BCUT2D eigenvalue weighted by molar-refractivity contribution is 9.10. The third-order valence-electron chi connectivity index (χ3n) is 5.80. The summed E-state index contributed by atoms with van der Waals surface area (Å²) < 4.78 is 0.621. The van der Waals surface area contributed by atoms with Crippen LogP contribution in [0.15, 0.2) is 89.4 Å². The maximum atomic E-state index is 13.2. The molecule has 0 saturated heterocycles. The van der Waals surface area contributed by atoms with Crippen LogP contribution in [0, 0.1) is 0 Å². The molecule has 1 aliphatic rings. The van der Waals surface area contributed by atoms with Crippen LogP contribution in [0.5, 0.6) is 11.5 Å². The summed E-state index contributed by atoms with van der Waals surface area (Å²) in [7, 11) is 0. The lowest BCUT2D eigenvalue weighted by atomic mass is 10.1. The minimum absolute atomic E-state index is 0.0177. The second-order valence-corrected chi connectivity index (χ2v) is 9.32. The number of amides is 4. The van der Waals surface area contributed by atoms with Crippen LogP contribution in [-0.2, 0) is 0 Å². The number of rotatable bonds is 5. The predicted octanol–water partition coefficient (Wildman–Crippen LogP) is 5.17. The molecule has 188 valence electrons. The topological polar surface area (TPSA) is 136 Å². The van der Waals surface area contributed by atoms with E-state index in [1.54, 1.807) is 6.07 Å². The Morgan fingerprint density at radius 2 is 1.11 bits per heavy atom. The van der Waals surface area contributed by atoms with Gasteiger partial charge in [0, 0.05) is 27.0 Å². The lowest BCUT2D eigenvalue weighted by molar-refractivity contribution is 0.0922. The van der Waals surface area contributed by atoms with Crippen molar-refractivity contribution >= 4 is 56.6 Å². The smallest absolute Gasteiger partial charge is 0.266 e. The first-order valence-corrected chi connectivity index (χ1v) is 12.0. The molecule has 0 fully saturated rings. The number of phenolic OH excluding ortho intramolecular Hbond substituents is 2. The Kier molecular flexibility index (Phi) is 6.39. The molecule has 4 N–H and O–H groups in total. The molecule has 38 heavy (non-hydrogen) atoms. The highest BCUT2D eigenvalue weighted by atomic mass is 79.9. The maximum Gasteiger partial charge on any atom is 0.266 e. The molecular formula is C28H18BrN3O6. The molecule has 4 aromatic carbocycles. The second kappa shape index (κ2) is 9.83. The summed E-state index contributed by atoms with van der Waals surface area (Å²) in [4.78, 5) is 53.6. The fourth-order valence-corrected chi connectivity index (χ4v) is 4.31. The van der Waals surface area contributed by atoms with E-state index < -0.39 is 23.6 Å². The summed E-state index contributed by atoms with van der Waals surface area (Å²) in [5.74, 6) is -2.33. The van der Waals surface area contributed by atoms with Crippen molar-refractivity contribution in [1.82, 2.24) is 0 Å². The van der Waals surface area contributed by atoms with Crippen LogP contribution in [0.1, 0.15) is 41.4 Å². The number of hydrogen-bond acceptors (Lipinski definition) is 6. The molecule has 1 aliphatic heterocycles. The van der Waals surface area contributed by atoms with Crippen LogP contribution in [-0.4, -0.2) is 33.8 Å². The van der Waals surface area contributed by atoms with Crippen molar-refractivity contribution in [3.05, 3.63) is 112 Å². The number of hydrogen-bond donors (Lipinski definition) is 4. The van der Waals surface area contributed by atoms with Gasteiger partial charge in [-0.25, -0.2) is 4.90 Å². The van der Waals surface area contributed by atoms with Crippen molar-refractivity contribution in [3.8, 4) is 11.5 Å². The summed E-state index contributed by atoms with van der Waals surface area (Å²) in [6.07, 6.45) is 0. The summed E-state index contributed by atoms with van der Waals surface area (Å²) in [5, 5.41) is 24.3. The molecule has 0 bridgehead atoms. The van der Waals surface area contributed by atoms with Gasteiger partial charge in [-0.2, -0.15) is 0 Å². The fraction of sp³-hybridized carbons (Fsp3) is 0. The number of nitrogens with one attached hydrogen (secondary N) is 2. The van der Waals surface area contributed by atoms with Gasteiger partial charge in [0.05, 0.1) is 16.8 Å². The first kappa shape index (κ1) is 24.7. The third kappa shape index (κ3) is 4.84. The Balaban J connectivity index is 1.54. The number of anilines is 3. The molecule has 0 unspecified atom stereocenters. The molecular weight excluding hydrogens is 554 g/mol. The van der Waals surface area contributed by atoms with Crippen molar-refractivity contribution in [3.63, 3.8) is 0 Å². The van der Waals surface area contributed by atoms with Crippen molar-refractivity contribution in [1.29, 1.82) is 0 Å². The Bertz CT molecular complexity index is 1540. The average molecular weight is 572 g/mol. The van der Waals surface area contributed by atoms with Gasteiger partial charge in [0.25, 0.3) is 23.6 Å². The molecule has 9 nitrogen and oxygen atoms in total. The van der Waals surface area contributed by atoms with Crippen LogP contribution in [0.2, 0.25) is 0 Å². The number of imide groups is 1. The molecule has 1 heterocycles. The van der Waals surface area contributed by atoms with Gasteiger partial charge in [-0.1, -0.05) is 15.9 Å². The maximum absolute atomic E-state index is 13.2. The van der Waals surface area contributed by atoms with E-state index in [0.717, 1.165) is 4.90 Å². The molecule has 0 saturated carbocycles. The van der Waals surface area contributed by atoms with Gasteiger partial charge < -0.3 is 20.8 Å². The zero-order chi connectivity index (χ0) is 27.0. The average Bonchev–Trinajstić information content (AvgIpc) is 3.15. The lowest BCUT2D eigenvalue weighted by Crippen LogP contribution is -2.30. The highest BCUT2D eigenvalue weighted by Crippen LogP contribution is 2.32. The molecule has 0 atom stereocenters. The van der Waals surface area contributed by atoms with Gasteiger partial charge in [-0.15, -0.1) is 0 Å². The number of aromatic hydroxyl groups is 2. The monoisotopic (exact) mass is 571 g/mol. The van der Waals surface area contributed by atoms with E-state index in [1.807, 2.05) is 0 Å². The molecule has 4 aromatic rings. The first-order valence-electron chi connectivity index (χ1n) is 11.2. The zero-order valence-electron chi connectivity index (χ0n) is 19.4. The van der Waals surface area contributed by atoms with Gasteiger partial charge in [0.15, 0.2) is 0 Å². The summed E-state index contributed by atoms with van der Waals surface area (Å²) in [6.45, 7) is 0. The molecule has 5 rings (SSSR count). The van der Waals surface area contributed by atoms with Gasteiger partial charge in [-0.05, 0) is 84.9 Å². The van der Waals surface area contributed by atoms with E-state index in [1.165, 1.54) is 78.9 Å². The quantitative estimate of drug-likeness (QED) is 0.193. The van der Waals surface area contributed by atoms with Crippen molar-refractivity contribution in [2.75, 3.05) is 15.5 Å². The third-order valence-corrected chi connectivity index (χ3v) is 6.29. The van der Waals surface area contributed by atoms with Gasteiger partial charge in [0.1, 0.15) is 11.5 Å². The number of halogens is 1. The Morgan fingerprint density at radius 1 is 0.632 bits per heavy atom. The molecule has 10 heteroatoms. The van der Waals surface area contributed by atoms with Crippen molar-refractivity contribution < 1.29 is 29.4 Å². The van der Waals surface area contributed by atoms with Crippen LogP contribution in [0.25, 0.3) is 0 Å². The van der Waals surface area contributed by atoms with E-state index in [0.29, 0.717) is 15.8 Å². The number of fused-ring (bicyclic) bond motifs is 1. The second-order valence-electron chi connectivity index (χ2n) is 8.41. The molecule has 0 aromatic heterocycles. The standard InChI is InChI=1S/C28H18BrN3O6/c29-17-1-10-23-24(14-17)28(38)32(27(23)37)20-12-15(25(35)30-18-2-6-21(33)7-3-18)11-16(13-20)26(36)31-19-4-8-22(34)9-5-19/h1-14,33-34H,(H,30,35)(H,31,36). The van der Waals surface area contributed by atoms with E-state index in [4.69, 9.17) is 0 Å². The minimum Gasteiger partial charge on any atom is -0.508 e. The summed E-state index contributed by atoms with van der Waals surface area (Å²) in [5.41, 5.74) is 1.25. The number of carbonyl (C=O) groups is 4. The zero-order valence-corrected chi connectivity index (χ0v) is 21.0. The van der Waals surface area contributed by atoms with E-state index in [9.17, 15) is 29.4 Å². The molecule has 0 aliphatic carbocycles. The van der Waals surface area contributed by atoms with Crippen molar-refractivity contribution in [2.24, 2.45) is 0 Å². The SMILES string of the molecule is O=C(Nc1ccc(O)cc1)c1cc(C(=O)Nc2ccc(O)cc2)cc(N2C(=O)c3ccc(Br)cc3C2=O)c1. The number of benzene rings is 4. The van der Waals surface area contributed by atoms with Crippen LogP contribution in [0.3, 0.4) is 0 Å². The minimum atomic E-state index is -0.601.